The zero-order chi connectivity index (χ0) is 19.0. The number of carbonyl (C=O) groups excluding carboxylic acids is 1. The number of halogens is 2. The second kappa shape index (κ2) is 7.32. The lowest BCUT2D eigenvalue weighted by Crippen LogP contribution is -2.12. The van der Waals surface area contributed by atoms with E-state index in [1.54, 1.807) is 30.3 Å². The van der Waals surface area contributed by atoms with Crippen LogP contribution in [0.25, 0.3) is 22.6 Å². The summed E-state index contributed by atoms with van der Waals surface area (Å²) < 4.78 is 6.78. The van der Waals surface area contributed by atoms with Crippen molar-refractivity contribution in [2.75, 3.05) is 5.32 Å². The van der Waals surface area contributed by atoms with E-state index < -0.39 is 0 Å². The molecule has 0 radical (unpaired) electrons. The third-order valence-corrected chi connectivity index (χ3v) is 5.08. The first-order valence-corrected chi connectivity index (χ1v) is 9.69. The summed E-state index contributed by atoms with van der Waals surface area (Å²) in [5.41, 5.74) is 4.46. The minimum absolute atomic E-state index is 0.264. The van der Waals surface area contributed by atoms with Crippen molar-refractivity contribution in [1.82, 2.24) is 4.98 Å². The van der Waals surface area contributed by atoms with Gasteiger partial charge in [-0.1, -0.05) is 29.3 Å². The quantitative estimate of drug-likeness (QED) is 0.344. The number of aromatic nitrogens is 1. The van der Waals surface area contributed by atoms with Gasteiger partial charge >= 0.3 is 0 Å². The number of hydrogen-bond donors (Lipinski definition) is 1. The molecular weight excluding hydrogens is 475 g/mol. The van der Waals surface area contributed by atoms with Gasteiger partial charge in [0.15, 0.2) is 5.58 Å². The predicted molar refractivity (Wildman–Crippen MR) is 116 cm³/mol. The van der Waals surface area contributed by atoms with Crippen molar-refractivity contribution in [2.45, 2.75) is 6.92 Å². The minimum Gasteiger partial charge on any atom is -0.436 e. The van der Waals surface area contributed by atoms with Gasteiger partial charge in [-0.25, -0.2) is 4.98 Å². The van der Waals surface area contributed by atoms with Crippen molar-refractivity contribution in [2.24, 2.45) is 0 Å². The van der Waals surface area contributed by atoms with Gasteiger partial charge in [0.1, 0.15) is 5.52 Å². The van der Waals surface area contributed by atoms with Gasteiger partial charge in [0, 0.05) is 14.8 Å². The zero-order valence-corrected chi connectivity index (χ0v) is 17.2. The molecule has 1 N–H and O–H groups in total. The van der Waals surface area contributed by atoms with Crippen LogP contribution in [0.15, 0.2) is 65.1 Å². The average molecular weight is 489 g/mol. The number of nitrogens with zero attached hydrogens (tertiary/aromatic N) is 1. The summed E-state index contributed by atoms with van der Waals surface area (Å²) in [6.45, 7) is 2.02. The molecule has 6 heteroatoms. The summed E-state index contributed by atoms with van der Waals surface area (Å²) in [5, 5.41) is 3.28. The van der Waals surface area contributed by atoms with Crippen molar-refractivity contribution in [3.05, 3.63) is 80.4 Å². The molecule has 4 rings (SSSR count). The van der Waals surface area contributed by atoms with Gasteiger partial charge in [0.2, 0.25) is 5.89 Å². The number of amides is 1. The van der Waals surface area contributed by atoms with Gasteiger partial charge in [-0.05, 0) is 78.0 Å². The Morgan fingerprint density at radius 2 is 1.96 bits per heavy atom. The molecule has 3 aromatic carbocycles. The van der Waals surface area contributed by atoms with Crippen molar-refractivity contribution in [3.8, 4) is 11.5 Å². The van der Waals surface area contributed by atoms with Gasteiger partial charge < -0.3 is 9.73 Å². The average Bonchev–Trinajstić information content (AvgIpc) is 3.07. The number of carbonyl (C=O) groups is 1. The maximum absolute atomic E-state index is 12.5. The normalized spacial score (nSPS) is 10.9. The molecule has 4 nitrogen and oxygen atoms in total. The lowest BCUT2D eigenvalue weighted by molar-refractivity contribution is 0.102. The lowest BCUT2D eigenvalue weighted by atomic mass is 10.1. The van der Waals surface area contributed by atoms with E-state index in [-0.39, 0.29) is 5.91 Å². The second-order valence-corrected chi connectivity index (χ2v) is 7.80. The molecule has 0 unspecified atom stereocenters. The molecule has 0 atom stereocenters. The van der Waals surface area contributed by atoms with Gasteiger partial charge in [-0.15, -0.1) is 0 Å². The van der Waals surface area contributed by atoms with Crippen LogP contribution in [0.1, 0.15) is 15.9 Å². The van der Waals surface area contributed by atoms with E-state index in [0.717, 1.165) is 14.7 Å². The summed E-state index contributed by atoms with van der Waals surface area (Å²) >= 11 is 8.29. The summed E-state index contributed by atoms with van der Waals surface area (Å²) in [5.74, 6) is 0.290. The Morgan fingerprint density at radius 1 is 1.11 bits per heavy atom. The molecule has 0 bridgehead atoms. The first kappa shape index (κ1) is 18.0. The van der Waals surface area contributed by atoms with Crippen molar-refractivity contribution >= 4 is 56.9 Å². The number of anilines is 1. The third kappa shape index (κ3) is 3.84. The molecule has 0 aliphatic heterocycles. The fraction of sp³-hybridized carbons (Fsp3) is 0.0476. The van der Waals surface area contributed by atoms with Crippen LogP contribution < -0.4 is 5.32 Å². The molecule has 4 aromatic rings. The van der Waals surface area contributed by atoms with E-state index in [0.29, 0.717) is 33.3 Å². The zero-order valence-electron chi connectivity index (χ0n) is 14.3. The lowest BCUT2D eigenvalue weighted by Gasteiger charge is -2.07. The van der Waals surface area contributed by atoms with Gasteiger partial charge in [0.05, 0.1) is 10.6 Å². The smallest absolute Gasteiger partial charge is 0.257 e. The summed E-state index contributed by atoms with van der Waals surface area (Å²) in [6.07, 6.45) is 0. The predicted octanol–water partition coefficient (Wildman–Crippen LogP) is 6.31. The molecule has 0 spiro atoms. The van der Waals surface area contributed by atoms with Gasteiger partial charge in [-0.3, -0.25) is 4.79 Å². The van der Waals surface area contributed by atoms with E-state index in [1.165, 1.54) is 0 Å². The number of hydrogen-bond acceptors (Lipinski definition) is 3. The maximum atomic E-state index is 12.5. The number of fused-ring (bicyclic) bond motifs is 1. The second-order valence-electron chi connectivity index (χ2n) is 6.15. The molecule has 0 saturated carbocycles. The van der Waals surface area contributed by atoms with Crippen LogP contribution in [0.5, 0.6) is 0 Å². The first-order valence-electron chi connectivity index (χ1n) is 8.23. The molecule has 134 valence electrons. The van der Waals surface area contributed by atoms with Gasteiger partial charge in [0.25, 0.3) is 5.91 Å². The molecule has 0 saturated heterocycles. The number of rotatable bonds is 3. The Balaban J connectivity index is 1.64. The van der Waals surface area contributed by atoms with Crippen LogP contribution in [0.4, 0.5) is 5.69 Å². The van der Waals surface area contributed by atoms with E-state index in [2.05, 4.69) is 32.9 Å². The van der Waals surface area contributed by atoms with Crippen molar-refractivity contribution in [1.29, 1.82) is 0 Å². The maximum Gasteiger partial charge on any atom is 0.257 e. The molecule has 27 heavy (non-hydrogen) atoms. The Kier molecular flexibility index (Phi) is 4.88. The number of nitrogens with one attached hydrogen (secondary N) is 1. The Bertz CT molecular complexity index is 1170. The summed E-state index contributed by atoms with van der Waals surface area (Å²) in [6, 6.07) is 18.7. The summed E-state index contributed by atoms with van der Waals surface area (Å²) in [4.78, 5) is 17.1. The highest BCUT2D eigenvalue weighted by molar-refractivity contribution is 14.1. The van der Waals surface area contributed by atoms with Crippen LogP contribution in [0, 0.1) is 10.5 Å². The molecule has 0 aliphatic rings. The fourth-order valence-corrected chi connectivity index (χ4v) is 3.47. The number of benzene rings is 3. The molecular formula is C21H14ClIN2O2. The van der Waals surface area contributed by atoms with E-state index >= 15 is 0 Å². The Morgan fingerprint density at radius 3 is 2.78 bits per heavy atom. The van der Waals surface area contributed by atoms with Crippen LogP contribution in [0.3, 0.4) is 0 Å². The first-order chi connectivity index (χ1) is 13.0. The third-order valence-electron chi connectivity index (χ3n) is 4.08. The topological polar surface area (TPSA) is 55.1 Å². The Labute approximate surface area is 174 Å². The summed E-state index contributed by atoms with van der Waals surface area (Å²) in [7, 11) is 0. The van der Waals surface area contributed by atoms with E-state index in [9.17, 15) is 4.79 Å². The SMILES string of the molecule is Cc1cccc(-c2nc3cc(NC(=O)c4cc(I)ccc4Cl)ccc3o2)c1. The Hall–Kier alpha value is -2.38. The van der Waals surface area contributed by atoms with Crippen LogP contribution in [0.2, 0.25) is 5.02 Å². The van der Waals surface area contributed by atoms with Crippen LogP contribution in [-0.2, 0) is 0 Å². The monoisotopic (exact) mass is 488 g/mol. The molecule has 0 aliphatic carbocycles. The molecule has 1 heterocycles. The standard InChI is InChI=1S/C21H14ClIN2O2/c1-12-3-2-4-13(9-12)21-25-18-11-15(6-8-19(18)27-21)24-20(26)16-10-14(23)5-7-17(16)22/h2-11H,1H3,(H,24,26). The minimum atomic E-state index is -0.264. The number of oxazole rings is 1. The van der Waals surface area contributed by atoms with Crippen LogP contribution in [-0.4, -0.2) is 10.9 Å². The number of aryl methyl sites for hydroxylation is 1. The van der Waals surface area contributed by atoms with Crippen LogP contribution >= 0.6 is 34.2 Å². The van der Waals surface area contributed by atoms with E-state index in [4.69, 9.17) is 16.0 Å². The van der Waals surface area contributed by atoms with Crippen molar-refractivity contribution < 1.29 is 9.21 Å². The molecule has 1 amide bonds. The highest BCUT2D eigenvalue weighted by Crippen LogP contribution is 2.27. The highest BCUT2D eigenvalue weighted by atomic mass is 127. The van der Waals surface area contributed by atoms with Gasteiger partial charge in [-0.2, -0.15) is 0 Å². The molecule has 0 fully saturated rings. The van der Waals surface area contributed by atoms with Crippen molar-refractivity contribution in [3.63, 3.8) is 0 Å². The molecule has 1 aromatic heterocycles. The highest BCUT2D eigenvalue weighted by Gasteiger charge is 2.13. The van der Waals surface area contributed by atoms with E-state index in [1.807, 2.05) is 37.3 Å². The fourth-order valence-electron chi connectivity index (χ4n) is 2.78. The largest absolute Gasteiger partial charge is 0.436 e.